The second-order valence-corrected chi connectivity index (χ2v) is 12.4. The van der Waals surface area contributed by atoms with Crippen LogP contribution in [0.3, 0.4) is 0 Å². The normalized spacial score (nSPS) is 18.7. The van der Waals surface area contributed by atoms with E-state index in [4.69, 9.17) is 9.47 Å². The van der Waals surface area contributed by atoms with Crippen LogP contribution in [0.5, 0.6) is 5.75 Å². The highest BCUT2D eigenvalue weighted by Crippen LogP contribution is 2.54. The van der Waals surface area contributed by atoms with Crippen molar-refractivity contribution >= 4 is 58.2 Å². The number of aromatic nitrogens is 1. The van der Waals surface area contributed by atoms with Gasteiger partial charge in [-0.15, -0.1) is 0 Å². The van der Waals surface area contributed by atoms with E-state index in [0.717, 1.165) is 28.0 Å². The Morgan fingerprint density at radius 3 is 2.27 bits per heavy atom. The van der Waals surface area contributed by atoms with Crippen molar-refractivity contribution in [2.45, 2.75) is 29.7 Å². The number of rotatable bonds is 8. The van der Waals surface area contributed by atoms with Crippen molar-refractivity contribution in [2.75, 3.05) is 23.9 Å². The van der Waals surface area contributed by atoms with Gasteiger partial charge in [-0.05, 0) is 73.2 Å². The van der Waals surface area contributed by atoms with Gasteiger partial charge in [0.1, 0.15) is 23.4 Å². The highest BCUT2D eigenvalue weighted by Gasteiger charge is 2.56. The highest BCUT2D eigenvalue weighted by molar-refractivity contribution is 8.00. The molecule has 230 valence electrons. The fourth-order valence-corrected chi connectivity index (χ4v) is 8.29. The number of carbonyl (C=O) groups excluding carboxylic acids is 4. The number of fused-ring (bicyclic) bond motifs is 2. The Bertz CT molecular complexity index is 1850. The Hall–Kier alpha value is -4.75. The highest BCUT2D eigenvalue weighted by atomic mass is 32.2. The molecule has 0 radical (unpaired) electrons. The number of thiazole rings is 1. The number of ether oxygens (including phenoxy) is 2. The van der Waals surface area contributed by atoms with E-state index in [0.29, 0.717) is 32.5 Å². The van der Waals surface area contributed by atoms with Crippen molar-refractivity contribution in [2.24, 2.45) is 5.92 Å². The molecule has 3 heterocycles. The van der Waals surface area contributed by atoms with Crippen molar-refractivity contribution in [1.82, 2.24) is 4.57 Å². The van der Waals surface area contributed by atoms with E-state index in [1.165, 1.54) is 48.1 Å². The molecule has 3 aromatic carbocycles. The van der Waals surface area contributed by atoms with Gasteiger partial charge in [0.05, 0.1) is 35.9 Å². The van der Waals surface area contributed by atoms with Gasteiger partial charge in [0.2, 0.25) is 17.7 Å². The fraction of sp³-hybridized carbons (Fsp3) is 0.219. The first kappa shape index (κ1) is 30.3. The first-order valence-electron chi connectivity index (χ1n) is 13.9. The predicted molar refractivity (Wildman–Crippen MR) is 166 cm³/mol. The first-order chi connectivity index (χ1) is 21.7. The van der Waals surface area contributed by atoms with E-state index < -0.39 is 51.5 Å². The summed E-state index contributed by atoms with van der Waals surface area (Å²) < 4.78 is 25.3. The molecule has 1 saturated heterocycles. The molecule has 0 aliphatic carbocycles. The summed E-state index contributed by atoms with van der Waals surface area (Å²) in [5.41, 5.74) is 1.71. The maximum absolute atomic E-state index is 13.9. The van der Waals surface area contributed by atoms with E-state index in [2.05, 4.69) is 5.32 Å². The van der Waals surface area contributed by atoms with Crippen molar-refractivity contribution in [3.63, 3.8) is 0 Å². The molecule has 0 saturated carbocycles. The Morgan fingerprint density at radius 2 is 1.62 bits per heavy atom. The summed E-state index contributed by atoms with van der Waals surface area (Å²) in [6, 6.07) is 18.4. The number of methoxy groups -OCH3 is 1. The van der Waals surface area contributed by atoms with E-state index in [1.54, 1.807) is 43.3 Å². The van der Waals surface area contributed by atoms with Crippen LogP contribution >= 0.6 is 23.1 Å². The van der Waals surface area contributed by atoms with Crippen molar-refractivity contribution < 1.29 is 33.0 Å². The van der Waals surface area contributed by atoms with E-state index in [-0.39, 0.29) is 18.8 Å². The second-order valence-electron chi connectivity index (χ2n) is 10.3. The Kier molecular flexibility index (Phi) is 8.30. The smallest absolute Gasteiger partial charge is 0.338 e. The molecule has 3 atom stereocenters. The van der Waals surface area contributed by atoms with Crippen LogP contribution in [0.4, 0.5) is 15.8 Å². The predicted octanol–water partition coefficient (Wildman–Crippen LogP) is 4.67. The van der Waals surface area contributed by atoms with Gasteiger partial charge in [-0.2, -0.15) is 0 Å². The Balaban J connectivity index is 1.34. The molecule has 1 N–H and O–H groups in total. The fourth-order valence-electron chi connectivity index (χ4n) is 5.52. The monoisotopic (exact) mass is 647 g/mol. The van der Waals surface area contributed by atoms with Gasteiger partial charge in [0, 0.05) is 16.5 Å². The van der Waals surface area contributed by atoms with E-state index in [9.17, 15) is 28.4 Å². The molecule has 4 aromatic rings. The molecule has 1 aromatic heterocycles. The minimum Gasteiger partial charge on any atom is -0.497 e. The third-order valence-corrected chi connectivity index (χ3v) is 10.2. The lowest BCUT2D eigenvalue weighted by Crippen LogP contribution is -2.33. The molecule has 6 rings (SSSR count). The molecule has 13 heteroatoms. The number of imide groups is 1. The number of anilines is 2. The summed E-state index contributed by atoms with van der Waals surface area (Å²) in [6.07, 6.45) is 0. The largest absolute Gasteiger partial charge is 0.497 e. The number of thioether (sulfide) groups is 1. The molecule has 0 bridgehead atoms. The van der Waals surface area contributed by atoms with Gasteiger partial charge >= 0.3 is 10.8 Å². The number of nitrogens with one attached hydrogen (secondary N) is 1. The summed E-state index contributed by atoms with van der Waals surface area (Å²) >= 11 is 2.02. The van der Waals surface area contributed by atoms with E-state index in [1.807, 2.05) is 0 Å². The number of esters is 1. The molecule has 45 heavy (non-hydrogen) atoms. The lowest BCUT2D eigenvalue weighted by atomic mass is 9.83. The van der Waals surface area contributed by atoms with Crippen LogP contribution in [-0.4, -0.2) is 47.2 Å². The lowest BCUT2D eigenvalue weighted by molar-refractivity contribution is -0.122. The zero-order chi connectivity index (χ0) is 31.8. The number of hydrogen-bond acceptors (Lipinski definition) is 9. The molecule has 2 aliphatic heterocycles. The summed E-state index contributed by atoms with van der Waals surface area (Å²) in [7, 11) is 1.53. The van der Waals surface area contributed by atoms with Gasteiger partial charge in [-0.25, -0.2) is 14.1 Å². The van der Waals surface area contributed by atoms with Crippen LogP contribution in [0.1, 0.15) is 33.6 Å². The Morgan fingerprint density at radius 1 is 0.933 bits per heavy atom. The summed E-state index contributed by atoms with van der Waals surface area (Å²) in [5, 5.41) is 2.28. The molecule has 2 aliphatic rings. The zero-order valence-corrected chi connectivity index (χ0v) is 25.7. The second kappa shape index (κ2) is 12.3. The van der Waals surface area contributed by atoms with Crippen molar-refractivity contribution in [3.8, 4) is 5.75 Å². The van der Waals surface area contributed by atoms with Crippen LogP contribution in [0.15, 0.2) is 82.6 Å². The van der Waals surface area contributed by atoms with Crippen molar-refractivity contribution in [3.05, 3.63) is 104 Å². The summed E-state index contributed by atoms with van der Waals surface area (Å²) in [4.78, 5) is 67.4. The molecule has 2 unspecified atom stereocenters. The maximum Gasteiger partial charge on any atom is 0.338 e. The average molecular weight is 648 g/mol. The molecule has 10 nitrogen and oxygen atoms in total. The summed E-state index contributed by atoms with van der Waals surface area (Å²) in [5.74, 6) is -3.31. The van der Waals surface area contributed by atoms with Gasteiger partial charge < -0.3 is 14.8 Å². The van der Waals surface area contributed by atoms with Crippen LogP contribution in [0.25, 0.3) is 0 Å². The van der Waals surface area contributed by atoms with Gasteiger partial charge in [-0.1, -0.05) is 35.2 Å². The topological polar surface area (TPSA) is 124 Å². The maximum atomic E-state index is 13.9. The minimum atomic E-state index is -0.888. The molecule has 0 spiro atoms. The number of halogens is 1. The molecule has 3 amide bonds. The SMILES string of the molecule is CCOC(=O)c1ccc(NC(=O)Cn2c3c(sc2=O)[C@H](c2ccc(OC)cc2)C2C(=O)N(c4ccc(F)cc4)C(=O)C2S3)cc1. The van der Waals surface area contributed by atoms with E-state index >= 15 is 0 Å². The van der Waals surface area contributed by atoms with Crippen LogP contribution in [0.2, 0.25) is 0 Å². The molecular weight excluding hydrogens is 621 g/mol. The minimum absolute atomic E-state index is 0.236. The number of benzene rings is 3. The molecule has 1 fully saturated rings. The van der Waals surface area contributed by atoms with Gasteiger partial charge in [-0.3, -0.25) is 23.7 Å². The third-order valence-electron chi connectivity index (χ3n) is 7.59. The van der Waals surface area contributed by atoms with Crippen LogP contribution in [-0.2, 0) is 25.7 Å². The Labute approximate surface area is 264 Å². The van der Waals surface area contributed by atoms with Crippen LogP contribution in [0, 0.1) is 11.7 Å². The first-order valence-corrected chi connectivity index (χ1v) is 15.6. The lowest BCUT2D eigenvalue weighted by Gasteiger charge is -2.30. The zero-order valence-electron chi connectivity index (χ0n) is 24.0. The number of carbonyl (C=O) groups is 4. The summed E-state index contributed by atoms with van der Waals surface area (Å²) in [6.45, 7) is 1.60. The number of nitrogens with zero attached hydrogens (tertiary/aromatic N) is 2. The van der Waals surface area contributed by atoms with Gasteiger partial charge in [0.15, 0.2) is 0 Å². The number of hydrogen-bond donors (Lipinski definition) is 1. The number of amides is 3. The molecular formula is C32H26FN3O7S2. The van der Waals surface area contributed by atoms with Gasteiger partial charge in [0.25, 0.3) is 0 Å². The standard InChI is InChI=1S/C32H26FN3O7S2/c1-3-43-31(40)18-4-10-20(11-5-18)34-23(37)16-35-30-27(45-32(35)41)24(17-6-14-22(42-2)15-7-17)25-26(44-30)29(39)36(28(25)38)21-12-8-19(33)9-13-21/h4-15,24-26H,3,16H2,1-2H3,(H,34,37)/t24-,25?,26?/m1/s1. The van der Waals surface area contributed by atoms with Crippen molar-refractivity contribution in [1.29, 1.82) is 0 Å². The third kappa shape index (κ3) is 5.64. The average Bonchev–Trinajstić information content (AvgIpc) is 3.48. The quantitative estimate of drug-likeness (QED) is 0.216. The van der Waals surface area contributed by atoms with Crippen LogP contribution < -0.4 is 19.8 Å².